The monoisotopic (exact) mass is 239 g/mol. The SMILES string of the molecule is CCCC(N)CC(=O)Cc1cccc(Cl)c1. The van der Waals surface area contributed by atoms with Crippen molar-refractivity contribution in [3.63, 3.8) is 0 Å². The number of Topliss-reactive ketones (excluding diaryl/α,β-unsaturated/α-hetero) is 1. The number of ketones is 1. The average molecular weight is 240 g/mol. The maximum atomic E-state index is 11.7. The van der Waals surface area contributed by atoms with E-state index in [2.05, 4.69) is 6.92 Å². The van der Waals surface area contributed by atoms with Crippen molar-refractivity contribution in [3.8, 4) is 0 Å². The molecular weight excluding hydrogens is 222 g/mol. The topological polar surface area (TPSA) is 43.1 Å². The quantitative estimate of drug-likeness (QED) is 0.830. The third-order valence-corrected chi connectivity index (χ3v) is 2.67. The van der Waals surface area contributed by atoms with Crippen molar-refractivity contribution in [2.75, 3.05) is 0 Å². The highest BCUT2D eigenvalue weighted by Crippen LogP contribution is 2.12. The van der Waals surface area contributed by atoms with Gasteiger partial charge in [-0.25, -0.2) is 0 Å². The lowest BCUT2D eigenvalue weighted by atomic mass is 10.0. The Balaban J connectivity index is 2.45. The Morgan fingerprint density at radius 3 is 2.88 bits per heavy atom. The molecular formula is C13H18ClNO. The number of carbonyl (C=O) groups excluding carboxylic acids is 1. The van der Waals surface area contributed by atoms with E-state index in [1.165, 1.54) is 0 Å². The molecule has 0 aliphatic heterocycles. The summed E-state index contributed by atoms with van der Waals surface area (Å²) in [6.45, 7) is 2.07. The summed E-state index contributed by atoms with van der Waals surface area (Å²) in [6, 6.07) is 7.39. The van der Waals surface area contributed by atoms with Crippen LogP contribution in [0.15, 0.2) is 24.3 Å². The Morgan fingerprint density at radius 2 is 2.25 bits per heavy atom. The summed E-state index contributed by atoms with van der Waals surface area (Å²) in [5.41, 5.74) is 6.78. The number of halogens is 1. The Morgan fingerprint density at radius 1 is 1.50 bits per heavy atom. The highest BCUT2D eigenvalue weighted by atomic mass is 35.5. The number of rotatable bonds is 6. The van der Waals surface area contributed by atoms with Crippen LogP contribution < -0.4 is 5.73 Å². The molecule has 88 valence electrons. The average Bonchev–Trinajstić information content (AvgIpc) is 2.17. The van der Waals surface area contributed by atoms with Gasteiger partial charge in [0.25, 0.3) is 0 Å². The molecule has 2 nitrogen and oxygen atoms in total. The first-order valence-corrected chi connectivity index (χ1v) is 6.01. The van der Waals surface area contributed by atoms with Crippen molar-refractivity contribution >= 4 is 17.4 Å². The van der Waals surface area contributed by atoms with Gasteiger partial charge in [0.05, 0.1) is 0 Å². The van der Waals surface area contributed by atoms with Crippen LogP contribution in [0, 0.1) is 0 Å². The van der Waals surface area contributed by atoms with Crippen molar-refractivity contribution in [3.05, 3.63) is 34.9 Å². The van der Waals surface area contributed by atoms with Crippen molar-refractivity contribution in [2.24, 2.45) is 5.73 Å². The van der Waals surface area contributed by atoms with Crippen molar-refractivity contribution in [1.82, 2.24) is 0 Å². The summed E-state index contributed by atoms with van der Waals surface area (Å²) in [5, 5.41) is 0.670. The van der Waals surface area contributed by atoms with Gasteiger partial charge in [-0.15, -0.1) is 0 Å². The first kappa shape index (κ1) is 13.2. The fraction of sp³-hybridized carbons (Fsp3) is 0.462. The van der Waals surface area contributed by atoms with E-state index >= 15 is 0 Å². The van der Waals surface area contributed by atoms with Gasteiger partial charge in [-0.3, -0.25) is 4.79 Å². The fourth-order valence-electron chi connectivity index (χ4n) is 1.71. The van der Waals surface area contributed by atoms with E-state index < -0.39 is 0 Å². The Labute approximate surface area is 102 Å². The van der Waals surface area contributed by atoms with Crippen LogP contribution in [-0.4, -0.2) is 11.8 Å². The molecule has 16 heavy (non-hydrogen) atoms. The Kier molecular flexibility index (Phi) is 5.50. The summed E-state index contributed by atoms with van der Waals surface area (Å²) in [7, 11) is 0. The third kappa shape index (κ3) is 4.77. The second-order valence-corrected chi connectivity index (χ2v) is 4.53. The van der Waals surface area contributed by atoms with Gasteiger partial charge in [0.2, 0.25) is 0 Å². The maximum Gasteiger partial charge on any atom is 0.138 e. The molecule has 0 aliphatic rings. The fourth-order valence-corrected chi connectivity index (χ4v) is 1.92. The van der Waals surface area contributed by atoms with Crippen LogP contribution in [0.5, 0.6) is 0 Å². The van der Waals surface area contributed by atoms with Gasteiger partial charge in [0.15, 0.2) is 0 Å². The predicted octanol–water partition coefficient (Wildman–Crippen LogP) is 2.97. The van der Waals surface area contributed by atoms with Gasteiger partial charge < -0.3 is 5.73 Å². The minimum absolute atomic E-state index is 0.00307. The molecule has 2 N–H and O–H groups in total. The van der Waals surface area contributed by atoms with E-state index in [0.717, 1.165) is 18.4 Å². The van der Waals surface area contributed by atoms with E-state index in [0.29, 0.717) is 17.9 Å². The number of hydrogen-bond donors (Lipinski definition) is 1. The largest absolute Gasteiger partial charge is 0.327 e. The summed E-state index contributed by atoms with van der Waals surface area (Å²) < 4.78 is 0. The molecule has 1 aromatic carbocycles. The van der Waals surface area contributed by atoms with Crippen LogP contribution in [-0.2, 0) is 11.2 Å². The number of benzene rings is 1. The highest BCUT2D eigenvalue weighted by Gasteiger charge is 2.09. The molecule has 1 atom stereocenters. The molecule has 1 rings (SSSR count). The van der Waals surface area contributed by atoms with Crippen LogP contribution in [0.3, 0.4) is 0 Å². The second kappa shape index (κ2) is 6.66. The van der Waals surface area contributed by atoms with Crippen LogP contribution in [0.1, 0.15) is 31.7 Å². The lowest BCUT2D eigenvalue weighted by molar-refractivity contribution is -0.118. The molecule has 0 bridgehead atoms. The molecule has 1 aromatic rings. The molecule has 3 heteroatoms. The summed E-state index contributed by atoms with van der Waals surface area (Å²) in [4.78, 5) is 11.7. The number of carbonyl (C=O) groups is 1. The minimum Gasteiger partial charge on any atom is -0.327 e. The van der Waals surface area contributed by atoms with Crippen molar-refractivity contribution in [2.45, 2.75) is 38.6 Å². The lowest BCUT2D eigenvalue weighted by Crippen LogP contribution is -2.24. The van der Waals surface area contributed by atoms with E-state index in [-0.39, 0.29) is 11.8 Å². The molecule has 0 radical (unpaired) electrons. The normalized spacial score (nSPS) is 12.4. The summed E-state index contributed by atoms with van der Waals surface area (Å²) >= 11 is 5.85. The zero-order chi connectivity index (χ0) is 12.0. The zero-order valence-electron chi connectivity index (χ0n) is 9.58. The van der Waals surface area contributed by atoms with Gasteiger partial charge in [0.1, 0.15) is 5.78 Å². The van der Waals surface area contributed by atoms with Gasteiger partial charge in [-0.1, -0.05) is 37.1 Å². The third-order valence-electron chi connectivity index (χ3n) is 2.44. The Hall–Kier alpha value is -0.860. The van der Waals surface area contributed by atoms with E-state index in [4.69, 9.17) is 17.3 Å². The van der Waals surface area contributed by atoms with Gasteiger partial charge in [-0.05, 0) is 24.1 Å². The smallest absolute Gasteiger partial charge is 0.138 e. The van der Waals surface area contributed by atoms with Crippen LogP contribution >= 0.6 is 11.6 Å². The molecule has 0 heterocycles. The molecule has 0 saturated carbocycles. The molecule has 0 fully saturated rings. The maximum absolute atomic E-state index is 11.7. The molecule has 0 amide bonds. The van der Waals surface area contributed by atoms with E-state index in [1.54, 1.807) is 6.07 Å². The zero-order valence-corrected chi connectivity index (χ0v) is 10.3. The summed E-state index contributed by atoms with van der Waals surface area (Å²) in [6.07, 6.45) is 2.81. The standard InChI is InChI=1S/C13H18ClNO/c1-2-4-12(15)9-13(16)8-10-5-3-6-11(14)7-10/h3,5-7,12H,2,4,8-9,15H2,1H3. The highest BCUT2D eigenvalue weighted by molar-refractivity contribution is 6.30. The lowest BCUT2D eigenvalue weighted by Gasteiger charge is -2.09. The molecule has 0 spiro atoms. The molecule has 1 unspecified atom stereocenters. The molecule has 0 aliphatic carbocycles. The summed E-state index contributed by atoms with van der Waals surface area (Å²) in [5.74, 6) is 0.184. The van der Waals surface area contributed by atoms with Crippen LogP contribution in [0.25, 0.3) is 0 Å². The van der Waals surface area contributed by atoms with E-state index in [9.17, 15) is 4.79 Å². The van der Waals surface area contributed by atoms with Gasteiger partial charge >= 0.3 is 0 Å². The molecule has 0 saturated heterocycles. The second-order valence-electron chi connectivity index (χ2n) is 4.10. The van der Waals surface area contributed by atoms with Crippen LogP contribution in [0.4, 0.5) is 0 Å². The first-order valence-electron chi connectivity index (χ1n) is 5.63. The minimum atomic E-state index is -0.00307. The van der Waals surface area contributed by atoms with Gasteiger partial charge in [-0.2, -0.15) is 0 Å². The van der Waals surface area contributed by atoms with Gasteiger partial charge in [0, 0.05) is 23.9 Å². The van der Waals surface area contributed by atoms with Crippen LogP contribution in [0.2, 0.25) is 5.02 Å². The first-order chi connectivity index (χ1) is 7.61. The Bertz CT molecular complexity index is 352. The van der Waals surface area contributed by atoms with E-state index in [1.807, 2.05) is 18.2 Å². The van der Waals surface area contributed by atoms with Crippen molar-refractivity contribution in [1.29, 1.82) is 0 Å². The number of hydrogen-bond acceptors (Lipinski definition) is 2. The number of nitrogens with two attached hydrogens (primary N) is 1. The van der Waals surface area contributed by atoms with Crippen molar-refractivity contribution < 1.29 is 4.79 Å². The molecule has 0 aromatic heterocycles. The predicted molar refractivity (Wildman–Crippen MR) is 67.7 cm³/mol.